The van der Waals surface area contributed by atoms with Crippen LogP contribution in [0.1, 0.15) is 41.5 Å². The number of aromatic hydroxyl groups is 1. The van der Waals surface area contributed by atoms with Crippen LogP contribution in [0, 0.1) is 6.92 Å². The summed E-state index contributed by atoms with van der Waals surface area (Å²) in [5, 5.41) is 13.1. The summed E-state index contributed by atoms with van der Waals surface area (Å²) in [5.74, 6) is 0.976. The van der Waals surface area contributed by atoms with Crippen molar-refractivity contribution in [3.63, 3.8) is 0 Å². The summed E-state index contributed by atoms with van der Waals surface area (Å²) in [6.45, 7) is 4.30. The predicted octanol–water partition coefficient (Wildman–Crippen LogP) is 4.74. The summed E-state index contributed by atoms with van der Waals surface area (Å²) in [7, 11) is 3.00. The van der Waals surface area contributed by atoms with Gasteiger partial charge in [0, 0.05) is 0 Å². The largest absolute Gasteiger partial charge is 0.502 e. The van der Waals surface area contributed by atoms with Crippen molar-refractivity contribution in [1.29, 1.82) is 0 Å². The van der Waals surface area contributed by atoms with Crippen LogP contribution in [0.3, 0.4) is 0 Å². The lowest BCUT2D eigenvalue weighted by molar-refractivity contribution is -0.120. The average Bonchev–Trinajstić information content (AvgIpc) is 3.41. The number of nitrogens with zero attached hydrogens (tertiary/aromatic N) is 1. The summed E-state index contributed by atoms with van der Waals surface area (Å²) in [6.07, 6.45) is 5.29. The Labute approximate surface area is 192 Å². The second kappa shape index (κ2) is 9.24. The minimum Gasteiger partial charge on any atom is -0.502 e. The van der Waals surface area contributed by atoms with Crippen molar-refractivity contribution in [1.82, 2.24) is 10.3 Å². The summed E-state index contributed by atoms with van der Waals surface area (Å²) >= 11 is 0. The number of phenols is 1. The fourth-order valence-electron chi connectivity index (χ4n) is 4.02. The molecule has 0 fully saturated rings. The van der Waals surface area contributed by atoms with E-state index in [2.05, 4.69) is 28.5 Å². The Hall–Kier alpha value is -4.00. The van der Waals surface area contributed by atoms with Crippen LogP contribution in [-0.2, 0) is 11.3 Å². The lowest BCUT2D eigenvalue weighted by Crippen LogP contribution is -2.22. The third-order valence-electron chi connectivity index (χ3n) is 5.72. The molecule has 0 atom stereocenters. The fraction of sp³-hybridized carbons (Fsp3) is 0.231. The number of aromatic nitrogens is 1. The lowest BCUT2D eigenvalue weighted by Gasteiger charge is -2.11. The van der Waals surface area contributed by atoms with Crippen LogP contribution >= 0.6 is 0 Å². The van der Waals surface area contributed by atoms with Gasteiger partial charge in [-0.15, -0.1) is 0 Å². The van der Waals surface area contributed by atoms with Crippen molar-refractivity contribution < 1.29 is 23.8 Å². The molecule has 1 aliphatic carbocycles. The molecule has 7 heteroatoms. The monoisotopic (exact) mass is 446 g/mol. The van der Waals surface area contributed by atoms with Crippen LogP contribution in [0.15, 0.2) is 52.8 Å². The number of carbonyl (C=O) groups excluding carboxylic acids is 1. The van der Waals surface area contributed by atoms with E-state index in [9.17, 15) is 9.90 Å². The van der Waals surface area contributed by atoms with Gasteiger partial charge in [0.1, 0.15) is 6.26 Å². The van der Waals surface area contributed by atoms with Gasteiger partial charge in [-0.3, -0.25) is 4.79 Å². The number of nitrogens with one attached hydrogen (secondary N) is 1. The van der Waals surface area contributed by atoms with Gasteiger partial charge in [-0.1, -0.05) is 23.8 Å². The minimum absolute atomic E-state index is 0.0414. The number of oxazole rings is 1. The fourth-order valence-corrected chi connectivity index (χ4v) is 4.02. The first-order valence-corrected chi connectivity index (χ1v) is 10.5. The molecule has 170 valence electrons. The zero-order chi connectivity index (χ0) is 23.5. The van der Waals surface area contributed by atoms with E-state index in [1.54, 1.807) is 18.3 Å². The van der Waals surface area contributed by atoms with Crippen molar-refractivity contribution in [2.75, 3.05) is 14.2 Å². The van der Waals surface area contributed by atoms with Gasteiger partial charge < -0.3 is 24.3 Å². The number of aryl methyl sites for hydroxylation is 1. The maximum absolute atomic E-state index is 12.7. The first-order valence-electron chi connectivity index (χ1n) is 10.5. The van der Waals surface area contributed by atoms with Crippen molar-refractivity contribution in [2.24, 2.45) is 0 Å². The molecule has 1 aliphatic rings. The summed E-state index contributed by atoms with van der Waals surface area (Å²) in [6, 6.07) is 9.75. The van der Waals surface area contributed by atoms with E-state index in [0.717, 1.165) is 39.0 Å². The van der Waals surface area contributed by atoms with E-state index in [0.29, 0.717) is 17.4 Å². The number of rotatable bonds is 7. The molecule has 0 saturated heterocycles. The van der Waals surface area contributed by atoms with E-state index < -0.39 is 0 Å². The molecular weight excluding hydrogens is 420 g/mol. The van der Waals surface area contributed by atoms with Crippen LogP contribution in [0.4, 0.5) is 0 Å². The van der Waals surface area contributed by atoms with E-state index in [1.807, 2.05) is 19.9 Å². The molecule has 4 rings (SSSR count). The molecule has 0 unspecified atom stereocenters. The Kier molecular flexibility index (Phi) is 6.22. The Morgan fingerprint density at radius 1 is 1.12 bits per heavy atom. The second-order valence-electron chi connectivity index (χ2n) is 7.86. The van der Waals surface area contributed by atoms with Crippen molar-refractivity contribution in [2.45, 2.75) is 26.8 Å². The van der Waals surface area contributed by atoms with Crippen molar-refractivity contribution in [3.8, 4) is 17.2 Å². The molecular formula is C26H26N2O5. The number of hydrogen-bond donors (Lipinski definition) is 2. The standard InChI is InChI=1S/C26H26N2O5/c1-15-5-6-18-19(10-17-11-22(31-3)26(30)23(12-17)32-4)16(2)20(21(18)9-15)13-24(29)28-14-25-27-7-8-33-25/h5-12,30H,13-14H2,1-4H3,(H,28,29)/b19-10-. The van der Waals surface area contributed by atoms with E-state index in [4.69, 9.17) is 13.9 Å². The Morgan fingerprint density at radius 2 is 1.85 bits per heavy atom. The van der Waals surface area contributed by atoms with E-state index >= 15 is 0 Å². The molecule has 2 N–H and O–H groups in total. The average molecular weight is 447 g/mol. The van der Waals surface area contributed by atoms with Gasteiger partial charge in [-0.25, -0.2) is 4.98 Å². The van der Waals surface area contributed by atoms with E-state index in [-0.39, 0.29) is 24.6 Å². The molecule has 1 aromatic heterocycles. The highest BCUT2D eigenvalue weighted by atomic mass is 16.5. The molecule has 3 aromatic rings. The molecule has 0 saturated carbocycles. The van der Waals surface area contributed by atoms with Gasteiger partial charge in [0.15, 0.2) is 11.5 Å². The van der Waals surface area contributed by atoms with Crippen molar-refractivity contribution in [3.05, 3.63) is 76.5 Å². The molecule has 7 nitrogen and oxygen atoms in total. The number of hydrogen-bond acceptors (Lipinski definition) is 6. The third kappa shape index (κ3) is 4.48. The molecule has 0 radical (unpaired) electrons. The summed E-state index contributed by atoms with van der Waals surface area (Å²) < 4.78 is 15.8. The van der Waals surface area contributed by atoms with E-state index in [1.165, 1.54) is 20.5 Å². The molecule has 1 amide bonds. The number of fused-ring (bicyclic) bond motifs is 1. The number of benzene rings is 2. The Bertz CT molecular complexity index is 1230. The topological polar surface area (TPSA) is 93.8 Å². The van der Waals surface area contributed by atoms with Crippen LogP contribution in [0.2, 0.25) is 0 Å². The molecule has 33 heavy (non-hydrogen) atoms. The first-order chi connectivity index (χ1) is 15.9. The van der Waals surface area contributed by atoms with Gasteiger partial charge in [-0.05, 0) is 65.5 Å². The number of ether oxygens (including phenoxy) is 2. The normalized spacial score (nSPS) is 13.9. The van der Waals surface area contributed by atoms with Gasteiger partial charge in [0.25, 0.3) is 0 Å². The highest BCUT2D eigenvalue weighted by molar-refractivity contribution is 6.08. The quantitative estimate of drug-likeness (QED) is 0.545. The number of allylic oxidation sites excluding steroid dienone is 2. The summed E-state index contributed by atoms with van der Waals surface area (Å²) in [4.78, 5) is 16.7. The third-order valence-corrected chi connectivity index (χ3v) is 5.72. The second-order valence-corrected chi connectivity index (χ2v) is 7.86. The van der Waals surface area contributed by atoms with Crippen LogP contribution in [0.5, 0.6) is 17.2 Å². The molecule has 2 aromatic carbocycles. The maximum atomic E-state index is 12.7. The number of methoxy groups -OCH3 is 2. The smallest absolute Gasteiger partial charge is 0.224 e. The van der Waals surface area contributed by atoms with Crippen LogP contribution in [0.25, 0.3) is 17.2 Å². The van der Waals surface area contributed by atoms with Gasteiger partial charge in [0.05, 0.1) is 33.4 Å². The maximum Gasteiger partial charge on any atom is 0.224 e. The molecule has 0 spiro atoms. The van der Waals surface area contributed by atoms with Crippen LogP contribution < -0.4 is 14.8 Å². The van der Waals surface area contributed by atoms with Gasteiger partial charge in [-0.2, -0.15) is 0 Å². The highest BCUT2D eigenvalue weighted by Gasteiger charge is 2.25. The van der Waals surface area contributed by atoms with Gasteiger partial charge >= 0.3 is 0 Å². The molecule has 0 bridgehead atoms. The SMILES string of the molecule is COc1cc(/C=C2/C(C)=C(CC(=O)NCc3ncco3)c3cc(C)ccc32)cc(OC)c1O. The molecule has 1 heterocycles. The minimum atomic E-state index is -0.107. The van der Waals surface area contributed by atoms with Gasteiger partial charge in [0.2, 0.25) is 17.5 Å². The first kappa shape index (κ1) is 22.2. The number of carbonyl (C=O) groups is 1. The zero-order valence-electron chi connectivity index (χ0n) is 19.1. The number of phenolic OH excluding ortho intramolecular Hbond substituents is 1. The lowest BCUT2D eigenvalue weighted by atomic mass is 9.98. The summed E-state index contributed by atoms with van der Waals surface area (Å²) in [5.41, 5.74) is 7.04. The Balaban J connectivity index is 1.70. The Morgan fingerprint density at radius 3 is 2.48 bits per heavy atom. The predicted molar refractivity (Wildman–Crippen MR) is 126 cm³/mol. The van der Waals surface area contributed by atoms with Crippen LogP contribution in [-0.4, -0.2) is 30.2 Å². The molecule has 0 aliphatic heterocycles. The van der Waals surface area contributed by atoms with Crippen molar-refractivity contribution >= 4 is 23.1 Å². The zero-order valence-corrected chi connectivity index (χ0v) is 19.1. The highest BCUT2D eigenvalue weighted by Crippen LogP contribution is 2.45. The number of amides is 1.